The van der Waals surface area contributed by atoms with E-state index in [0.717, 1.165) is 37.8 Å². The van der Waals surface area contributed by atoms with Gasteiger partial charge in [-0.2, -0.15) is 0 Å². The van der Waals surface area contributed by atoms with Crippen molar-refractivity contribution in [3.8, 4) is 0 Å². The largest absolute Gasteiger partial charge is 0.335 e. The number of carbonyl (C=O) groups is 1. The van der Waals surface area contributed by atoms with E-state index in [0.29, 0.717) is 6.04 Å². The Morgan fingerprint density at radius 2 is 2.29 bits per heavy atom. The monoisotopic (exact) mass is 231 g/mol. The number of nitrogens with zero attached hydrogens (tertiary/aromatic N) is 2. The number of hydrogen-bond donors (Lipinski definition) is 1. The van der Waals surface area contributed by atoms with Crippen LogP contribution in [0.25, 0.3) is 0 Å². The Morgan fingerprint density at radius 3 is 3.00 bits per heavy atom. The van der Waals surface area contributed by atoms with Gasteiger partial charge in [-0.15, -0.1) is 0 Å². The zero-order chi connectivity index (χ0) is 11.7. The molecule has 3 rings (SSSR count). The molecule has 0 spiro atoms. The zero-order valence-corrected chi connectivity index (χ0v) is 9.80. The fraction of sp³-hybridized carbons (Fsp3) is 0.538. The van der Waals surface area contributed by atoms with Crippen LogP contribution in [0.2, 0.25) is 0 Å². The van der Waals surface area contributed by atoms with Gasteiger partial charge in [0.05, 0.1) is 6.04 Å². The predicted octanol–water partition coefficient (Wildman–Crippen LogP) is 2.09. The Hall–Kier alpha value is -1.58. The van der Waals surface area contributed by atoms with Crippen LogP contribution in [-0.4, -0.2) is 28.5 Å². The van der Waals surface area contributed by atoms with Gasteiger partial charge in [0.25, 0.3) is 0 Å². The molecule has 1 aromatic heterocycles. The fourth-order valence-corrected chi connectivity index (χ4v) is 2.41. The molecule has 1 atom stereocenters. The van der Waals surface area contributed by atoms with Gasteiger partial charge in [0.15, 0.2) is 0 Å². The Labute approximate surface area is 101 Å². The molecule has 90 valence electrons. The quantitative estimate of drug-likeness (QED) is 0.847. The van der Waals surface area contributed by atoms with Gasteiger partial charge in [0.1, 0.15) is 0 Å². The van der Waals surface area contributed by atoms with Gasteiger partial charge in [-0.3, -0.25) is 4.98 Å². The number of likely N-dealkylation sites (tertiary alicyclic amines) is 1. The van der Waals surface area contributed by atoms with Crippen LogP contribution in [0.1, 0.15) is 37.3 Å². The normalized spacial score (nSPS) is 23.8. The highest BCUT2D eigenvalue weighted by atomic mass is 16.2. The SMILES string of the molecule is O=C(NC1CC1)N1CCCC1c1cccnc1. The van der Waals surface area contributed by atoms with Gasteiger partial charge < -0.3 is 10.2 Å². The van der Waals surface area contributed by atoms with Crippen molar-refractivity contribution >= 4 is 6.03 Å². The molecule has 17 heavy (non-hydrogen) atoms. The van der Waals surface area contributed by atoms with E-state index in [1.807, 2.05) is 17.2 Å². The number of amides is 2. The molecule has 0 bridgehead atoms. The van der Waals surface area contributed by atoms with Crippen molar-refractivity contribution in [3.63, 3.8) is 0 Å². The summed E-state index contributed by atoms with van der Waals surface area (Å²) in [4.78, 5) is 18.2. The standard InChI is InChI=1S/C13H17N3O/c17-13(15-11-5-6-11)16-8-2-4-12(16)10-3-1-7-14-9-10/h1,3,7,9,11-12H,2,4-6,8H2,(H,15,17). The molecular formula is C13H17N3O. The Morgan fingerprint density at radius 1 is 1.41 bits per heavy atom. The summed E-state index contributed by atoms with van der Waals surface area (Å²) in [7, 11) is 0. The van der Waals surface area contributed by atoms with Crippen molar-refractivity contribution < 1.29 is 4.79 Å². The van der Waals surface area contributed by atoms with Crippen LogP contribution in [0.3, 0.4) is 0 Å². The molecular weight excluding hydrogens is 214 g/mol. The summed E-state index contributed by atoms with van der Waals surface area (Å²) in [6.45, 7) is 0.859. The maximum absolute atomic E-state index is 12.1. The molecule has 1 aromatic rings. The molecule has 4 nitrogen and oxygen atoms in total. The number of pyridine rings is 1. The highest BCUT2D eigenvalue weighted by Crippen LogP contribution is 2.32. The summed E-state index contributed by atoms with van der Waals surface area (Å²) in [6.07, 6.45) is 8.04. The summed E-state index contributed by atoms with van der Waals surface area (Å²) in [6, 6.07) is 4.73. The molecule has 1 aliphatic heterocycles. The number of rotatable bonds is 2. The lowest BCUT2D eigenvalue weighted by Crippen LogP contribution is -2.40. The van der Waals surface area contributed by atoms with E-state index in [9.17, 15) is 4.79 Å². The minimum Gasteiger partial charge on any atom is -0.335 e. The number of aromatic nitrogens is 1. The lowest BCUT2D eigenvalue weighted by atomic mass is 10.1. The predicted molar refractivity (Wildman–Crippen MR) is 64.5 cm³/mol. The highest BCUT2D eigenvalue weighted by Gasteiger charge is 2.33. The number of urea groups is 1. The molecule has 1 saturated carbocycles. The van der Waals surface area contributed by atoms with E-state index in [4.69, 9.17) is 0 Å². The third kappa shape index (κ3) is 2.25. The highest BCUT2D eigenvalue weighted by molar-refractivity contribution is 5.75. The first-order chi connectivity index (χ1) is 8.34. The average molecular weight is 231 g/mol. The summed E-state index contributed by atoms with van der Waals surface area (Å²) in [5.41, 5.74) is 1.15. The van der Waals surface area contributed by atoms with Crippen LogP contribution in [0.5, 0.6) is 0 Å². The summed E-state index contributed by atoms with van der Waals surface area (Å²) >= 11 is 0. The number of hydrogen-bond acceptors (Lipinski definition) is 2. The third-order valence-electron chi connectivity index (χ3n) is 3.49. The van der Waals surface area contributed by atoms with Gasteiger partial charge in [-0.1, -0.05) is 6.07 Å². The topological polar surface area (TPSA) is 45.2 Å². The molecule has 2 aliphatic rings. The van der Waals surface area contributed by atoms with Gasteiger partial charge in [0, 0.05) is 25.0 Å². The van der Waals surface area contributed by atoms with Crippen LogP contribution in [-0.2, 0) is 0 Å². The lowest BCUT2D eigenvalue weighted by Gasteiger charge is -2.25. The second kappa shape index (κ2) is 4.35. The first-order valence-electron chi connectivity index (χ1n) is 6.31. The number of nitrogens with one attached hydrogen (secondary N) is 1. The Balaban J connectivity index is 1.72. The van der Waals surface area contributed by atoms with Crippen LogP contribution in [0, 0.1) is 0 Å². The minimum atomic E-state index is 0.0962. The summed E-state index contributed by atoms with van der Waals surface area (Å²) in [5, 5.41) is 3.06. The van der Waals surface area contributed by atoms with Gasteiger partial charge in [-0.25, -0.2) is 4.79 Å². The number of carbonyl (C=O) groups excluding carboxylic acids is 1. The first-order valence-corrected chi connectivity index (χ1v) is 6.31. The van der Waals surface area contributed by atoms with E-state index in [1.165, 1.54) is 0 Å². The second-order valence-corrected chi connectivity index (χ2v) is 4.86. The molecule has 1 N–H and O–H groups in total. The van der Waals surface area contributed by atoms with E-state index < -0.39 is 0 Å². The van der Waals surface area contributed by atoms with Crippen molar-refractivity contribution in [3.05, 3.63) is 30.1 Å². The van der Waals surface area contributed by atoms with E-state index in [1.54, 1.807) is 6.20 Å². The van der Waals surface area contributed by atoms with E-state index in [-0.39, 0.29) is 12.1 Å². The van der Waals surface area contributed by atoms with Gasteiger partial charge >= 0.3 is 6.03 Å². The third-order valence-corrected chi connectivity index (χ3v) is 3.49. The molecule has 2 fully saturated rings. The molecule has 1 saturated heterocycles. The lowest BCUT2D eigenvalue weighted by molar-refractivity contribution is 0.192. The summed E-state index contributed by atoms with van der Waals surface area (Å²) < 4.78 is 0. The van der Waals surface area contributed by atoms with Crippen molar-refractivity contribution in [1.29, 1.82) is 0 Å². The first kappa shape index (κ1) is 10.6. The van der Waals surface area contributed by atoms with Gasteiger partial charge in [0.2, 0.25) is 0 Å². The fourth-order valence-electron chi connectivity index (χ4n) is 2.41. The Bertz CT molecular complexity index is 402. The van der Waals surface area contributed by atoms with Crippen molar-refractivity contribution in [2.45, 2.75) is 37.8 Å². The van der Waals surface area contributed by atoms with E-state index in [2.05, 4.69) is 16.4 Å². The maximum atomic E-state index is 12.1. The molecule has 1 aliphatic carbocycles. The van der Waals surface area contributed by atoms with Crippen molar-refractivity contribution in [2.75, 3.05) is 6.54 Å². The summed E-state index contributed by atoms with van der Waals surface area (Å²) in [5.74, 6) is 0. The van der Waals surface area contributed by atoms with Gasteiger partial charge in [-0.05, 0) is 37.3 Å². The average Bonchev–Trinajstić information content (AvgIpc) is 3.04. The molecule has 0 aromatic carbocycles. The van der Waals surface area contributed by atoms with Crippen LogP contribution in [0.15, 0.2) is 24.5 Å². The van der Waals surface area contributed by atoms with Crippen molar-refractivity contribution in [1.82, 2.24) is 15.2 Å². The molecule has 1 unspecified atom stereocenters. The molecule has 2 heterocycles. The van der Waals surface area contributed by atoms with Crippen LogP contribution in [0.4, 0.5) is 4.79 Å². The van der Waals surface area contributed by atoms with Crippen molar-refractivity contribution in [2.24, 2.45) is 0 Å². The maximum Gasteiger partial charge on any atom is 0.318 e. The Kier molecular flexibility index (Phi) is 2.71. The minimum absolute atomic E-state index is 0.0962. The molecule has 0 radical (unpaired) electrons. The van der Waals surface area contributed by atoms with Crippen LogP contribution >= 0.6 is 0 Å². The zero-order valence-electron chi connectivity index (χ0n) is 9.80. The smallest absolute Gasteiger partial charge is 0.318 e. The second-order valence-electron chi connectivity index (χ2n) is 4.86. The van der Waals surface area contributed by atoms with Crippen LogP contribution < -0.4 is 5.32 Å². The molecule has 2 amide bonds. The van der Waals surface area contributed by atoms with E-state index >= 15 is 0 Å². The molecule has 4 heteroatoms.